The fourth-order valence-electron chi connectivity index (χ4n) is 1.96. The summed E-state index contributed by atoms with van der Waals surface area (Å²) < 4.78 is 24.4. The van der Waals surface area contributed by atoms with Crippen LogP contribution in [-0.4, -0.2) is 35.2 Å². The molecule has 0 aliphatic carbocycles. The van der Waals surface area contributed by atoms with Crippen LogP contribution in [-0.2, 0) is 16.0 Å². The van der Waals surface area contributed by atoms with E-state index in [1.54, 1.807) is 12.1 Å². The molecule has 1 unspecified atom stereocenters. The van der Waals surface area contributed by atoms with Crippen molar-refractivity contribution in [2.75, 3.05) is 0 Å². The van der Waals surface area contributed by atoms with Gasteiger partial charge in [-0.2, -0.15) is 0 Å². The van der Waals surface area contributed by atoms with E-state index >= 15 is 0 Å². The third kappa shape index (κ3) is 6.54. The number of ketones is 1. The predicted molar refractivity (Wildman–Crippen MR) is 79.6 cm³/mol. The number of carboxylic acid groups (broad SMARTS) is 1. The van der Waals surface area contributed by atoms with Crippen molar-refractivity contribution >= 4 is 17.7 Å². The van der Waals surface area contributed by atoms with Crippen LogP contribution in [0.15, 0.2) is 24.3 Å². The van der Waals surface area contributed by atoms with Gasteiger partial charge in [0.2, 0.25) is 12.3 Å². The first-order valence-corrected chi connectivity index (χ1v) is 7.26. The summed E-state index contributed by atoms with van der Waals surface area (Å²) in [4.78, 5) is 34.3. The molecule has 1 aromatic carbocycles. The molecule has 0 fully saturated rings. The average molecular weight is 327 g/mol. The first-order chi connectivity index (χ1) is 10.8. The van der Waals surface area contributed by atoms with Crippen molar-refractivity contribution in [1.29, 1.82) is 0 Å². The van der Waals surface area contributed by atoms with E-state index in [2.05, 4.69) is 0 Å². The van der Waals surface area contributed by atoms with Crippen LogP contribution in [0.5, 0.6) is 0 Å². The topological polar surface area (TPSA) is 83.5 Å². The Balaban J connectivity index is 2.50. The van der Waals surface area contributed by atoms with Crippen LogP contribution in [0, 0.1) is 0 Å². The van der Waals surface area contributed by atoms with Gasteiger partial charge in [-0.3, -0.25) is 9.59 Å². The molecule has 0 radical (unpaired) electrons. The Kier molecular flexibility index (Phi) is 7.31. The third-order valence-electron chi connectivity index (χ3n) is 3.31. The second kappa shape index (κ2) is 8.97. The van der Waals surface area contributed by atoms with E-state index in [0.29, 0.717) is 5.56 Å². The van der Waals surface area contributed by atoms with Crippen LogP contribution in [0.25, 0.3) is 0 Å². The van der Waals surface area contributed by atoms with Crippen LogP contribution in [0.1, 0.15) is 42.1 Å². The molecule has 2 N–H and O–H groups in total. The van der Waals surface area contributed by atoms with Gasteiger partial charge in [0, 0.05) is 24.8 Å². The smallest absolute Gasteiger partial charge is 0.326 e. The van der Waals surface area contributed by atoms with E-state index in [9.17, 15) is 23.2 Å². The quantitative estimate of drug-likeness (QED) is 0.682. The van der Waals surface area contributed by atoms with Crippen LogP contribution in [0.4, 0.5) is 8.78 Å². The highest BCUT2D eigenvalue weighted by atomic mass is 19.3. The fraction of sp³-hybridized carbons (Fsp3) is 0.438. The number of amides is 1. The molecule has 1 rings (SSSR count). The van der Waals surface area contributed by atoms with Gasteiger partial charge in [0.25, 0.3) is 0 Å². The lowest BCUT2D eigenvalue weighted by Crippen LogP contribution is -2.42. The summed E-state index contributed by atoms with van der Waals surface area (Å²) in [7, 11) is 0. The zero-order chi connectivity index (χ0) is 17.4. The van der Waals surface area contributed by atoms with Gasteiger partial charge in [-0.25, -0.2) is 13.6 Å². The van der Waals surface area contributed by atoms with Crippen LogP contribution in [0.2, 0.25) is 0 Å². The van der Waals surface area contributed by atoms with E-state index in [4.69, 9.17) is 5.11 Å². The van der Waals surface area contributed by atoms with Gasteiger partial charge < -0.3 is 10.4 Å². The van der Waals surface area contributed by atoms with E-state index in [0.717, 1.165) is 12.0 Å². The molecule has 1 amide bonds. The molecule has 5 nitrogen and oxygen atoms in total. The third-order valence-corrected chi connectivity index (χ3v) is 3.31. The van der Waals surface area contributed by atoms with E-state index in [1.807, 2.05) is 24.4 Å². The normalized spacial score (nSPS) is 12.0. The molecule has 0 saturated heterocycles. The number of hydrogen-bond acceptors (Lipinski definition) is 3. The minimum absolute atomic E-state index is 0.113. The molecule has 0 aliphatic rings. The standard InChI is InChI=1S/C16H19F2NO4/c1-2-10-3-5-11(6-4-10)13(20)7-8-15(21)19-12(16(22)23)9-14(17)18/h3-6,12,14H,2,7-9H2,1H3,(H,19,21)(H,22,23). The zero-order valence-corrected chi connectivity index (χ0v) is 12.7. The highest BCUT2D eigenvalue weighted by Crippen LogP contribution is 2.09. The first kappa shape index (κ1) is 18.7. The van der Waals surface area contributed by atoms with Crippen molar-refractivity contribution in [1.82, 2.24) is 5.32 Å². The van der Waals surface area contributed by atoms with Crippen molar-refractivity contribution in [3.05, 3.63) is 35.4 Å². The minimum atomic E-state index is -2.84. The van der Waals surface area contributed by atoms with Crippen molar-refractivity contribution in [2.45, 2.75) is 45.1 Å². The number of aryl methyl sites for hydroxylation is 1. The molecular formula is C16H19F2NO4. The number of nitrogens with one attached hydrogen (secondary N) is 1. The second-order valence-electron chi connectivity index (χ2n) is 5.06. The summed E-state index contributed by atoms with van der Waals surface area (Å²) in [5.74, 6) is -2.53. The van der Waals surface area contributed by atoms with Gasteiger partial charge in [-0.1, -0.05) is 31.2 Å². The summed E-state index contributed by atoms with van der Waals surface area (Å²) in [5.41, 5.74) is 1.54. The number of carbonyl (C=O) groups is 3. The van der Waals surface area contributed by atoms with Gasteiger partial charge in [-0.05, 0) is 12.0 Å². The average Bonchev–Trinajstić information content (AvgIpc) is 2.51. The Morgan fingerprint density at radius 2 is 1.74 bits per heavy atom. The molecule has 0 heterocycles. The highest BCUT2D eigenvalue weighted by molar-refractivity contribution is 5.98. The number of Topliss-reactive ketones (excluding diaryl/α,β-unsaturated/α-hetero) is 1. The summed E-state index contributed by atoms with van der Waals surface area (Å²) in [6.45, 7) is 1.99. The number of rotatable bonds is 9. The largest absolute Gasteiger partial charge is 0.480 e. The lowest BCUT2D eigenvalue weighted by atomic mass is 10.0. The minimum Gasteiger partial charge on any atom is -0.480 e. The molecule has 0 saturated carbocycles. The molecule has 0 spiro atoms. The number of alkyl halides is 2. The number of hydrogen-bond donors (Lipinski definition) is 2. The van der Waals surface area contributed by atoms with E-state index in [-0.39, 0.29) is 18.6 Å². The molecule has 23 heavy (non-hydrogen) atoms. The Morgan fingerprint density at radius 1 is 1.13 bits per heavy atom. The molecular weight excluding hydrogens is 308 g/mol. The van der Waals surface area contributed by atoms with Crippen molar-refractivity contribution < 1.29 is 28.3 Å². The van der Waals surface area contributed by atoms with Gasteiger partial charge in [0.15, 0.2) is 5.78 Å². The first-order valence-electron chi connectivity index (χ1n) is 7.26. The maximum atomic E-state index is 12.2. The molecule has 126 valence electrons. The number of halogens is 2. The van der Waals surface area contributed by atoms with Gasteiger partial charge >= 0.3 is 5.97 Å². The SMILES string of the molecule is CCc1ccc(C(=O)CCC(=O)NC(CC(F)F)C(=O)O)cc1. The Morgan fingerprint density at radius 3 is 2.22 bits per heavy atom. The summed E-state index contributed by atoms with van der Waals surface area (Å²) in [6, 6.07) is 5.31. The molecule has 0 aliphatic heterocycles. The Hall–Kier alpha value is -2.31. The van der Waals surface area contributed by atoms with Crippen molar-refractivity contribution in [3.63, 3.8) is 0 Å². The van der Waals surface area contributed by atoms with Crippen molar-refractivity contribution in [3.8, 4) is 0 Å². The summed E-state index contributed by atoms with van der Waals surface area (Å²) in [6.07, 6.45) is -3.32. The van der Waals surface area contributed by atoms with Crippen molar-refractivity contribution in [2.24, 2.45) is 0 Å². The van der Waals surface area contributed by atoms with Gasteiger partial charge in [0.05, 0.1) is 0 Å². The Bertz CT molecular complexity index is 558. The van der Waals surface area contributed by atoms with Gasteiger partial charge in [0.1, 0.15) is 6.04 Å². The number of aliphatic carboxylic acids is 1. The molecule has 0 bridgehead atoms. The Labute approximate surface area is 132 Å². The molecule has 7 heteroatoms. The number of carbonyl (C=O) groups excluding carboxylic acids is 2. The molecule has 0 aromatic heterocycles. The zero-order valence-electron chi connectivity index (χ0n) is 12.7. The molecule has 1 aromatic rings. The number of carboxylic acids is 1. The van der Waals surface area contributed by atoms with E-state index < -0.39 is 30.8 Å². The summed E-state index contributed by atoms with van der Waals surface area (Å²) >= 11 is 0. The lowest BCUT2D eigenvalue weighted by molar-refractivity contribution is -0.143. The van der Waals surface area contributed by atoms with Crippen LogP contribution >= 0.6 is 0 Å². The van der Waals surface area contributed by atoms with E-state index in [1.165, 1.54) is 0 Å². The van der Waals surface area contributed by atoms with Crippen LogP contribution < -0.4 is 5.32 Å². The second-order valence-corrected chi connectivity index (χ2v) is 5.06. The fourth-order valence-corrected chi connectivity index (χ4v) is 1.96. The maximum Gasteiger partial charge on any atom is 0.326 e. The molecule has 1 atom stereocenters. The van der Waals surface area contributed by atoms with Crippen LogP contribution in [0.3, 0.4) is 0 Å². The number of benzene rings is 1. The maximum absolute atomic E-state index is 12.2. The lowest BCUT2D eigenvalue weighted by Gasteiger charge is -2.13. The monoisotopic (exact) mass is 327 g/mol. The highest BCUT2D eigenvalue weighted by Gasteiger charge is 2.24. The predicted octanol–water partition coefficient (Wildman–Crippen LogP) is 2.44. The van der Waals surface area contributed by atoms with Gasteiger partial charge in [-0.15, -0.1) is 0 Å². The summed E-state index contributed by atoms with van der Waals surface area (Å²) in [5, 5.41) is 10.8.